The lowest BCUT2D eigenvalue weighted by Crippen LogP contribution is -2.29. The Labute approximate surface area is 198 Å². The van der Waals surface area contributed by atoms with E-state index >= 15 is 0 Å². The van der Waals surface area contributed by atoms with Gasteiger partial charge < -0.3 is 14.1 Å². The SMILES string of the molecule is C=CCOc1cccc(C2c3c(oc4ccc(Br)cc4c3=O)C(=O)N2Cc2cccnc2)c1. The van der Waals surface area contributed by atoms with Gasteiger partial charge in [0.25, 0.3) is 5.91 Å². The van der Waals surface area contributed by atoms with Crippen LogP contribution >= 0.6 is 15.9 Å². The fraction of sp³-hybridized carbons (Fsp3) is 0.115. The van der Waals surface area contributed by atoms with Gasteiger partial charge in [0.05, 0.1) is 17.0 Å². The molecule has 6 nitrogen and oxygen atoms in total. The normalized spacial score (nSPS) is 15.0. The van der Waals surface area contributed by atoms with Gasteiger partial charge in [-0.1, -0.05) is 46.8 Å². The van der Waals surface area contributed by atoms with Crippen molar-refractivity contribution in [3.63, 3.8) is 0 Å². The molecule has 1 unspecified atom stereocenters. The van der Waals surface area contributed by atoms with E-state index in [0.29, 0.717) is 28.9 Å². The molecule has 0 saturated carbocycles. The zero-order chi connectivity index (χ0) is 22.9. The van der Waals surface area contributed by atoms with Crippen LogP contribution in [0.1, 0.15) is 33.3 Å². The first-order valence-corrected chi connectivity index (χ1v) is 11.2. The number of benzene rings is 2. The van der Waals surface area contributed by atoms with E-state index in [1.54, 1.807) is 41.6 Å². The molecule has 0 bridgehead atoms. The quantitative estimate of drug-likeness (QED) is 0.336. The lowest BCUT2D eigenvalue weighted by molar-refractivity contribution is 0.0714. The highest BCUT2D eigenvalue weighted by atomic mass is 79.9. The van der Waals surface area contributed by atoms with Crippen molar-refractivity contribution in [3.05, 3.63) is 117 Å². The van der Waals surface area contributed by atoms with Crippen molar-refractivity contribution in [1.29, 1.82) is 0 Å². The molecule has 164 valence electrons. The lowest BCUT2D eigenvalue weighted by atomic mass is 9.98. The summed E-state index contributed by atoms with van der Waals surface area (Å²) in [4.78, 5) is 33.0. The highest BCUT2D eigenvalue weighted by molar-refractivity contribution is 9.10. The standard InChI is InChI=1S/C26H19BrN2O4/c1-2-11-32-19-7-3-6-17(12-19)23-22-24(30)20-13-18(27)8-9-21(20)33-25(22)26(31)29(23)15-16-5-4-10-28-14-16/h2-10,12-14,23H,1,11,15H2. The fourth-order valence-corrected chi connectivity index (χ4v) is 4.48. The van der Waals surface area contributed by atoms with Crippen LogP contribution < -0.4 is 10.2 Å². The molecule has 0 radical (unpaired) electrons. The number of nitrogens with zero attached hydrogens (tertiary/aromatic N) is 2. The van der Waals surface area contributed by atoms with Crippen molar-refractivity contribution in [2.45, 2.75) is 12.6 Å². The molecule has 33 heavy (non-hydrogen) atoms. The molecule has 1 aliphatic rings. The van der Waals surface area contributed by atoms with Crippen LogP contribution in [0.5, 0.6) is 5.75 Å². The van der Waals surface area contributed by atoms with Gasteiger partial charge in [0.2, 0.25) is 5.76 Å². The molecule has 1 aliphatic heterocycles. The molecule has 7 heteroatoms. The number of rotatable bonds is 6. The van der Waals surface area contributed by atoms with Gasteiger partial charge >= 0.3 is 0 Å². The van der Waals surface area contributed by atoms with E-state index < -0.39 is 6.04 Å². The lowest BCUT2D eigenvalue weighted by Gasteiger charge is -2.25. The second-order valence-corrected chi connectivity index (χ2v) is 8.60. The molecule has 0 saturated heterocycles. The van der Waals surface area contributed by atoms with E-state index in [4.69, 9.17) is 9.15 Å². The Balaban J connectivity index is 1.70. The summed E-state index contributed by atoms with van der Waals surface area (Å²) in [6.07, 6.45) is 5.05. The summed E-state index contributed by atoms with van der Waals surface area (Å²) in [6, 6.07) is 15.7. The van der Waals surface area contributed by atoms with Crippen LogP contribution in [0.15, 0.2) is 93.3 Å². The largest absolute Gasteiger partial charge is 0.490 e. The minimum Gasteiger partial charge on any atom is -0.490 e. The molecule has 0 fully saturated rings. The van der Waals surface area contributed by atoms with Gasteiger partial charge in [0.15, 0.2) is 5.43 Å². The first-order chi connectivity index (χ1) is 16.1. The van der Waals surface area contributed by atoms with Gasteiger partial charge in [-0.25, -0.2) is 0 Å². The molecule has 0 spiro atoms. The number of carbonyl (C=O) groups is 1. The number of carbonyl (C=O) groups excluding carboxylic acids is 1. The molecule has 5 rings (SSSR count). The summed E-state index contributed by atoms with van der Waals surface area (Å²) in [6.45, 7) is 4.31. The molecule has 2 aromatic heterocycles. The van der Waals surface area contributed by atoms with E-state index in [0.717, 1.165) is 15.6 Å². The maximum Gasteiger partial charge on any atom is 0.291 e. The van der Waals surface area contributed by atoms with Crippen molar-refractivity contribution in [2.75, 3.05) is 6.61 Å². The smallest absolute Gasteiger partial charge is 0.291 e. The Morgan fingerprint density at radius 2 is 2.03 bits per heavy atom. The molecule has 4 aromatic rings. The van der Waals surface area contributed by atoms with Gasteiger partial charge in [0, 0.05) is 23.4 Å². The minimum absolute atomic E-state index is 0.0705. The van der Waals surface area contributed by atoms with E-state index in [9.17, 15) is 9.59 Å². The van der Waals surface area contributed by atoms with E-state index in [-0.39, 0.29) is 23.6 Å². The number of ether oxygens (including phenoxy) is 1. The first-order valence-electron chi connectivity index (χ1n) is 10.4. The molecule has 1 atom stereocenters. The minimum atomic E-state index is -0.625. The Morgan fingerprint density at radius 1 is 1.15 bits per heavy atom. The highest BCUT2D eigenvalue weighted by Gasteiger charge is 2.42. The molecule has 0 aliphatic carbocycles. The molecule has 3 heterocycles. The van der Waals surface area contributed by atoms with Crippen LogP contribution in [0.25, 0.3) is 11.0 Å². The maximum absolute atomic E-state index is 13.6. The highest BCUT2D eigenvalue weighted by Crippen LogP contribution is 2.40. The van der Waals surface area contributed by atoms with Crippen LogP contribution in [0.2, 0.25) is 0 Å². The van der Waals surface area contributed by atoms with Gasteiger partial charge in [-0.15, -0.1) is 0 Å². The van der Waals surface area contributed by atoms with E-state index in [2.05, 4.69) is 27.5 Å². The number of hydrogen-bond donors (Lipinski definition) is 0. The molecule has 2 aromatic carbocycles. The van der Waals surface area contributed by atoms with E-state index in [1.165, 1.54) is 0 Å². The summed E-state index contributed by atoms with van der Waals surface area (Å²) in [5, 5.41) is 0.420. The molecular formula is C26H19BrN2O4. The average Bonchev–Trinajstić information content (AvgIpc) is 3.11. The van der Waals surface area contributed by atoms with Crippen LogP contribution in [0.3, 0.4) is 0 Å². The predicted octanol–water partition coefficient (Wildman–Crippen LogP) is 5.26. The third-order valence-corrected chi connectivity index (χ3v) is 6.04. The monoisotopic (exact) mass is 502 g/mol. The topological polar surface area (TPSA) is 72.6 Å². The van der Waals surface area contributed by atoms with Crippen molar-refractivity contribution >= 4 is 32.8 Å². The van der Waals surface area contributed by atoms with Crippen molar-refractivity contribution < 1.29 is 13.9 Å². The summed E-state index contributed by atoms with van der Waals surface area (Å²) >= 11 is 3.42. The third kappa shape index (κ3) is 3.85. The number of halogens is 1. The Hall–Kier alpha value is -3.71. The fourth-order valence-electron chi connectivity index (χ4n) is 4.12. The van der Waals surface area contributed by atoms with Gasteiger partial charge in [-0.2, -0.15) is 0 Å². The number of pyridine rings is 1. The summed E-state index contributed by atoms with van der Waals surface area (Å²) in [5.74, 6) is 0.363. The van der Waals surface area contributed by atoms with Crippen molar-refractivity contribution in [1.82, 2.24) is 9.88 Å². The second kappa shape index (κ2) is 8.67. The Kier molecular flexibility index (Phi) is 5.56. The van der Waals surface area contributed by atoms with Gasteiger partial charge in [-0.3, -0.25) is 14.6 Å². The number of fused-ring (bicyclic) bond motifs is 2. The average molecular weight is 503 g/mol. The third-order valence-electron chi connectivity index (χ3n) is 5.55. The molecule has 0 N–H and O–H groups in total. The molecule has 1 amide bonds. The first kappa shape index (κ1) is 21.2. The summed E-state index contributed by atoms with van der Waals surface area (Å²) in [5.41, 5.74) is 2.09. The Bertz CT molecular complexity index is 1430. The second-order valence-electron chi connectivity index (χ2n) is 7.68. The van der Waals surface area contributed by atoms with Crippen LogP contribution in [0, 0.1) is 0 Å². The summed E-state index contributed by atoms with van der Waals surface area (Å²) < 4.78 is 12.5. The van der Waals surface area contributed by atoms with Crippen LogP contribution in [0.4, 0.5) is 0 Å². The van der Waals surface area contributed by atoms with Crippen LogP contribution in [-0.2, 0) is 6.54 Å². The van der Waals surface area contributed by atoms with Gasteiger partial charge in [0.1, 0.15) is 17.9 Å². The molecular weight excluding hydrogens is 484 g/mol. The van der Waals surface area contributed by atoms with Crippen molar-refractivity contribution in [3.8, 4) is 5.75 Å². The zero-order valence-corrected chi connectivity index (χ0v) is 19.1. The predicted molar refractivity (Wildman–Crippen MR) is 128 cm³/mol. The van der Waals surface area contributed by atoms with Crippen molar-refractivity contribution in [2.24, 2.45) is 0 Å². The van der Waals surface area contributed by atoms with Crippen LogP contribution in [-0.4, -0.2) is 22.4 Å². The maximum atomic E-state index is 13.6. The Morgan fingerprint density at radius 3 is 2.82 bits per heavy atom. The van der Waals surface area contributed by atoms with E-state index in [1.807, 2.05) is 36.4 Å². The number of amides is 1. The summed E-state index contributed by atoms with van der Waals surface area (Å²) in [7, 11) is 0. The number of aromatic nitrogens is 1. The zero-order valence-electron chi connectivity index (χ0n) is 17.5. The van der Waals surface area contributed by atoms with Gasteiger partial charge in [-0.05, 0) is 47.5 Å². The number of hydrogen-bond acceptors (Lipinski definition) is 5.